The van der Waals surface area contributed by atoms with Gasteiger partial charge in [-0.2, -0.15) is 0 Å². The van der Waals surface area contributed by atoms with Crippen LogP contribution in [-0.2, 0) is 13.0 Å². The van der Waals surface area contributed by atoms with Gasteiger partial charge >= 0.3 is 0 Å². The van der Waals surface area contributed by atoms with E-state index in [-0.39, 0.29) is 0 Å². The van der Waals surface area contributed by atoms with E-state index in [1.807, 2.05) is 18.2 Å². The first-order valence-corrected chi connectivity index (χ1v) is 10.2. The summed E-state index contributed by atoms with van der Waals surface area (Å²) in [6.45, 7) is 4.05. The number of ether oxygens (including phenoxy) is 1. The summed E-state index contributed by atoms with van der Waals surface area (Å²) in [7, 11) is 0. The predicted octanol–water partition coefficient (Wildman–Crippen LogP) is 5.23. The molecule has 0 unspecified atom stereocenters. The second kappa shape index (κ2) is 9.05. The van der Waals surface area contributed by atoms with Gasteiger partial charge in [0, 0.05) is 18.6 Å². The van der Waals surface area contributed by atoms with Crippen molar-refractivity contribution in [1.82, 2.24) is 10.6 Å². The maximum atomic E-state index is 6.04. The molecule has 144 valence electrons. The topological polar surface area (TPSA) is 33.3 Å². The molecule has 1 fully saturated rings. The second-order valence-corrected chi connectivity index (χ2v) is 7.37. The van der Waals surface area contributed by atoms with E-state index in [0.29, 0.717) is 12.1 Å². The Balaban J connectivity index is 1.38. The molecule has 1 aliphatic heterocycles. The Bertz CT molecular complexity index is 877. The molecule has 0 bridgehead atoms. The molecule has 2 N–H and O–H groups in total. The molecule has 2 atom stereocenters. The summed E-state index contributed by atoms with van der Waals surface area (Å²) >= 11 is 0. The average Bonchev–Trinajstić information content (AvgIpc) is 3.22. The van der Waals surface area contributed by atoms with E-state index >= 15 is 0 Å². The van der Waals surface area contributed by atoms with Gasteiger partial charge in [-0.15, -0.1) is 0 Å². The summed E-state index contributed by atoms with van der Waals surface area (Å²) in [5.74, 6) is 1.76. The highest BCUT2D eigenvalue weighted by Gasteiger charge is 2.27. The van der Waals surface area contributed by atoms with Crippen molar-refractivity contribution in [2.45, 2.75) is 38.4 Å². The van der Waals surface area contributed by atoms with E-state index in [2.05, 4.69) is 78.2 Å². The molecule has 0 amide bonds. The van der Waals surface area contributed by atoms with Crippen molar-refractivity contribution >= 4 is 0 Å². The fourth-order valence-electron chi connectivity index (χ4n) is 3.83. The lowest BCUT2D eigenvalue weighted by Crippen LogP contribution is -2.33. The third kappa shape index (κ3) is 4.61. The Hall–Kier alpha value is -2.62. The Morgan fingerprint density at radius 1 is 0.893 bits per heavy atom. The van der Waals surface area contributed by atoms with Crippen molar-refractivity contribution in [2.75, 3.05) is 6.54 Å². The van der Waals surface area contributed by atoms with Gasteiger partial charge in [0.1, 0.15) is 11.5 Å². The molecule has 3 aromatic rings. The molecule has 1 heterocycles. The summed E-state index contributed by atoms with van der Waals surface area (Å²) in [5, 5.41) is 7.36. The van der Waals surface area contributed by atoms with Gasteiger partial charge in [-0.3, -0.25) is 0 Å². The first-order chi connectivity index (χ1) is 13.8. The van der Waals surface area contributed by atoms with Gasteiger partial charge in [0.05, 0.1) is 0 Å². The van der Waals surface area contributed by atoms with E-state index < -0.39 is 0 Å². The minimum Gasteiger partial charge on any atom is -0.457 e. The minimum absolute atomic E-state index is 0.373. The number of hydrogen-bond donors (Lipinski definition) is 2. The number of nitrogens with one attached hydrogen (secondary N) is 2. The van der Waals surface area contributed by atoms with Crippen LogP contribution >= 0.6 is 0 Å². The summed E-state index contributed by atoms with van der Waals surface area (Å²) in [5.41, 5.74) is 3.91. The number of aryl methyl sites for hydroxylation is 1. The SMILES string of the molecule is CCc1ccc(Oc2cccc(CN[C@H]3CCN[C@H]3c3ccccc3)c2)cc1. The van der Waals surface area contributed by atoms with Crippen LogP contribution in [0.1, 0.15) is 36.1 Å². The van der Waals surface area contributed by atoms with Gasteiger partial charge in [-0.25, -0.2) is 0 Å². The summed E-state index contributed by atoms with van der Waals surface area (Å²) in [6.07, 6.45) is 2.18. The van der Waals surface area contributed by atoms with Crippen molar-refractivity contribution in [1.29, 1.82) is 0 Å². The Kier molecular flexibility index (Phi) is 6.05. The molecule has 0 aliphatic carbocycles. The van der Waals surface area contributed by atoms with Gasteiger partial charge in [0.15, 0.2) is 0 Å². The molecule has 3 aromatic carbocycles. The van der Waals surface area contributed by atoms with Crippen LogP contribution in [0.2, 0.25) is 0 Å². The molecule has 1 aliphatic rings. The van der Waals surface area contributed by atoms with Crippen molar-refractivity contribution < 1.29 is 4.74 Å². The lowest BCUT2D eigenvalue weighted by molar-refractivity contribution is 0.458. The lowest BCUT2D eigenvalue weighted by atomic mass is 10.0. The Morgan fingerprint density at radius 3 is 2.50 bits per heavy atom. The fourth-order valence-corrected chi connectivity index (χ4v) is 3.83. The standard InChI is InChI=1S/C25H28N2O/c1-2-19-11-13-22(14-12-19)28-23-10-6-7-20(17-23)18-27-24-15-16-26-25(24)21-8-4-3-5-9-21/h3-14,17,24-27H,2,15-16,18H2,1H3/t24-,25-/m0/s1. The van der Waals surface area contributed by atoms with E-state index in [0.717, 1.165) is 37.4 Å². The quantitative estimate of drug-likeness (QED) is 0.595. The zero-order valence-electron chi connectivity index (χ0n) is 16.4. The van der Waals surface area contributed by atoms with Crippen LogP contribution < -0.4 is 15.4 Å². The zero-order valence-corrected chi connectivity index (χ0v) is 16.4. The van der Waals surface area contributed by atoms with Gasteiger partial charge in [-0.05, 0) is 60.3 Å². The molecule has 0 saturated carbocycles. The predicted molar refractivity (Wildman–Crippen MR) is 115 cm³/mol. The molecule has 3 nitrogen and oxygen atoms in total. The van der Waals surface area contributed by atoms with Crippen molar-refractivity contribution in [3.63, 3.8) is 0 Å². The number of rotatable bonds is 7. The molecule has 0 aromatic heterocycles. The summed E-state index contributed by atoms with van der Waals surface area (Å²) in [6, 6.07) is 28.2. The molecule has 0 spiro atoms. The first kappa shape index (κ1) is 18.7. The number of hydrogen-bond acceptors (Lipinski definition) is 3. The molecular weight excluding hydrogens is 344 g/mol. The highest BCUT2D eigenvalue weighted by atomic mass is 16.5. The maximum absolute atomic E-state index is 6.04. The molecule has 0 radical (unpaired) electrons. The highest BCUT2D eigenvalue weighted by Crippen LogP contribution is 2.25. The van der Waals surface area contributed by atoms with Gasteiger partial charge in [0.2, 0.25) is 0 Å². The monoisotopic (exact) mass is 372 g/mol. The van der Waals surface area contributed by atoms with Crippen LogP contribution in [0.4, 0.5) is 0 Å². The highest BCUT2D eigenvalue weighted by molar-refractivity contribution is 5.35. The van der Waals surface area contributed by atoms with Crippen molar-refractivity contribution in [2.24, 2.45) is 0 Å². The molecule has 4 rings (SSSR count). The minimum atomic E-state index is 0.373. The van der Waals surface area contributed by atoms with Crippen molar-refractivity contribution in [3.05, 3.63) is 95.6 Å². The van der Waals surface area contributed by atoms with Crippen LogP contribution in [-0.4, -0.2) is 12.6 Å². The van der Waals surface area contributed by atoms with E-state index in [1.54, 1.807) is 0 Å². The second-order valence-electron chi connectivity index (χ2n) is 7.37. The van der Waals surface area contributed by atoms with E-state index in [9.17, 15) is 0 Å². The Morgan fingerprint density at radius 2 is 1.71 bits per heavy atom. The maximum Gasteiger partial charge on any atom is 0.127 e. The summed E-state index contributed by atoms with van der Waals surface area (Å²) in [4.78, 5) is 0. The van der Waals surface area contributed by atoms with E-state index in [1.165, 1.54) is 16.7 Å². The summed E-state index contributed by atoms with van der Waals surface area (Å²) < 4.78 is 6.04. The van der Waals surface area contributed by atoms with Gasteiger partial charge in [-0.1, -0.05) is 61.5 Å². The van der Waals surface area contributed by atoms with Crippen molar-refractivity contribution in [3.8, 4) is 11.5 Å². The van der Waals surface area contributed by atoms with Crippen LogP contribution in [0.25, 0.3) is 0 Å². The lowest BCUT2D eigenvalue weighted by Gasteiger charge is -2.21. The molecular formula is C25H28N2O. The third-order valence-electron chi connectivity index (χ3n) is 5.41. The normalized spacial score (nSPS) is 18.9. The first-order valence-electron chi connectivity index (χ1n) is 10.2. The van der Waals surface area contributed by atoms with Crippen LogP contribution in [0.3, 0.4) is 0 Å². The average molecular weight is 373 g/mol. The Labute approximate surface area is 167 Å². The molecule has 28 heavy (non-hydrogen) atoms. The fraction of sp³-hybridized carbons (Fsp3) is 0.280. The smallest absolute Gasteiger partial charge is 0.127 e. The van der Waals surface area contributed by atoms with E-state index in [4.69, 9.17) is 4.74 Å². The van der Waals surface area contributed by atoms with Gasteiger partial charge in [0.25, 0.3) is 0 Å². The number of benzene rings is 3. The largest absolute Gasteiger partial charge is 0.457 e. The van der Waals surface area contributed by atoms with Crippen LogP contribution in [0.15, 0.2) is 78.9 Å². The molecule has 1 saturated heterocycles. The zero-order chi connectivity index (χ0) is 19.2. The van der Waals surface area contributed by atoms with Crippen LogP contribution in [0.5, 0.6) is 11.5 Å². The van der Waals surface area contributed by atoms with Crippen LogP contribution in [0, 0.1) is 0 Å². The third-order valence-corrected chi connectivity index (χ3v) is 5.41. The molecule has 3 heteroatoms. The van der Waals surface area contributed by atoms with Gasteiger partial charge < -0.3 is 15.4 Å².